The Hall–Kier alpha value is -2.34. The zero-order chi connectivity index (χ0) is 16.8. The Morgan fingerprint density at radius 2 is 1.83 bits per heavy atom. The van der Waals surface area contributed by atoms with E-state index in [1.54, 1.807) is 31.5 Å². The van der Waals surface area contributed by atoms with Crippen LogP contribution >= 0.6 is 0 Å². The Balaban J connectivity index is 2.08. The van der Waals surface area contributed by atoms with Gasteiger partial charge in [-0.15, -0.1) is 0 Å². The molecular weight excluding hydrogens is 302 g/mol. The summed E-state index contributed by atoms with van der Waals surface area (Å²) >= 11 is 0. The topological polar surface area (TPSA) is 62.2 Å². The highest BCUT2D eigenvalue weighted by Gasteiger charge is 2.26. The number of hydrogen-bond acceptors (Lipinski definition) is 3. The Labute approximate surface area is 133 Å². The number of carbonyl (C=O) groups excluding carboxylic acids is 1. The van der Waals surface area contributed by atoms with E-state index in [1.165, 1.54) is 6.07 Å². The van der Waals surface area contributed by atoms with E-state index in [2.05, 4.69) is 10.3 Å². The highest BCUT2D eigenvalue weighted by atomic mass is 19.1. The van der Waals surface area contributed by atoms with Gasteiger partial charge < -0.3 is 10.4 Å². The first-order valence-electron chi connectivity index (χ1n) is 7.33. The lowest BCUT2D eigenvalue weighted by Gasteiger charge is -2.24. The number of aliphatic hydroxyl groups is 1. The minimum Gasteiger partial charge on any atom is -0.386 e. The van der Waals surface area contributed by atoms with Crippen molar-refractivity contribution in [3.05, 3.63) is 65.5 Å². The molecule has 0 aliphatic rings. The first-order valence-corrected chi connectivity index (χ1v) is 7.33. The van der Waals surface area contributed by atoms with Crippen molar-refractivity contribution in [3.8, 4) is 0 Å². The lowest BCUT2D eigenvalue weighted by Crippen LogP contribution is -2.40. The number of pyridine rings is 1. The van der Waals surface area contributed by atoms with E-state index in [1.807, 2.05) is 0 Å². The van der Waals surface area contributed by atoms with Gasteiger partial charge in [0.1, 0.15) is 17.7 Å². The van der Waals surface area contributed by atoms with Crippen molar-refractivity contribution >= 4 is 5.91 Å². The fourth-order valence-electron chi connectivity index (χ4n) is 2.34. The van der Waals surface area contributed by atoms with E-state index in [0.29, 0.717) is 6.42 Å². The van der Waals surface area contributed by atoms with Crippen molar-refractivity contribution in [1.82, 2.24) is 10.3 Å². The summed E-state index contributed by atoms with van der Waals surface area (Å²) in [6.45, 7) is 1.72. The van der Waals surface area contributed by atoms with Gasteiger partial charge in [0, 0.05) is 12.4 Å². The highest BCUT2D eigenvalue weighted by Crippen LogP contribution is 2.24. The lowest BCUT2D eigenvalue weighted by molar-refractivity contribution is -0.122. The SMILES string of the molecule is CC[C@@H](NC(=O)Cc1ccncc1)[C@H](O)c1c(F)cccc1F. The van der Waals surface area contributed by atoms with E-state index >= 15 is 0 Å². The molecule has 1 aromatic carbocycles. The van der Waals surface area contributed by atoms with Crippen LogP contribution in [0.2, 0.25) is 0 Å². The molecule has 0 bridgehead atoms. The zero-order valence-corrected chi connectivity index (χ0v) is 12.7. The van der Waals surface area contributed by atoms with E-state index < -0.39 is 29.3 Å². The maximum absolute atomic E-state index is 13.8. The van der Waals surface area contributed by atoms with Crippen molar-refractivity contribution in [2.24, 2.45) is 0 Å². The van der Waals surface area contributed by atoms with Crippen molar-refractivity contribution < 1.29 is 18.7 Å². The Morgan fingerprint density at radius 1 is 1.22 bits per heavy atom. The second-order valence-corrected chi connectivity index (χ2v) is 5.19. The van der Waals surface area contributed by atoms with E-state index in [4.69, 9.17) is 0 Å². The predicted molar refractivity (Wildman–Crippen MR) is 81.5 cm³/mol. The summed E-state index contributed by atoms with van der Waals surface area (Å²) in [5, 5.41) is 12.9. The van der Waals surface area contributed by atoms with Gasteiger partial charge in [-0.05, 0) is 36.2 Å². The molecule has 2 rings (SSSR count). The summed E-state index contributed by atoms with van der Waals surface area (Å²) in [7, 11) is 0. The normalized spacial score (nSPS) is 13.4. The molecule has 0 saturated carbocycles. The fraction of sp³-hybridized carbons (Fsp3) is 0.294. The van der Waals surface area contributed by atoms with Gasteiger partial charge in [0.2, 0.25) is 5.91 Å². The molecule has 0 saturated heterocycles. The maximum Gasteiger partial charge on any atom is 0.224 e. The van der Waals surface area contributed by atoms with Gasteiger partial charge in [-0.25, -0.2) is 8.78 Å². The number of benzene rings is 1. The summed E-state index contributed by atoms with van der Waals surface area (Å²) in [4.78, 5) is 15.9. The van der Waals surface area contributed by atoms with Gasteiger partial charge in [-0.1, -0.05) is 13.0 Å². The molecule has 0 unspecified atom stereocenters. The van der Waals surface area contributed by atoms with Gasteiger partial charge in [0.05, 0.1) is 18.0 Å². The van der Waals surface area contributed by atoms with Gasteiger partial charge in [0.15, 0.2) is 0 Å². The highest BCUT2D eigenvalue weighted by molar-refractivity contribution is 5.78. The van der Waals surface area contributed by atoms with Crippen LogP contribution in [0.3, 0.4) is 0 Å². The maximum atomic E-state index is 13.8. The average Bonchev–Trinajstić information content (AvgIpc) is 2.53. The third-order valence-corrected chi connectivity index (χ3v) is 3.58. The predicted octanol–water partition coefficient (Wildman–Crippen LogP) is 2.53. The largest absolute Gasteiger partial charge is 0.386 e. The van der Waals surface area contributed by atoms with E-state index in [-0.39, 0.29) is 12.3 Å². The molecule has 4 nitrogen and oxygen atoms in total. The van der Waals surface area contributed by atoms with Crippen LogP contribution in [0.25, 0.3) is 0 Å². The van der Waals surface area contributed by atoms with Crippen LogP contribution in [-0.2, 0) is 11.2 Å². The molecule has 23 heavy (non-hydrogen) atoms. The molecule has 2 atom stereocenters. The fourth-order valence-corrected chi connectivity index (χ4v) is 2.34. The number of halogens is 2. The van der Waals surface area contributed by atoms with Crippen LogP contribution in [0.1, 0.15) is 30.6 Å². The van der Waals surface area contributed by atoms with Crippen LogP contribution in [0.4, 0.5) is 8.78 Å². The van der Waals surface area contributed by atoms with Crippen LogP contribution in [0, 0.1) is 11.6 Å². The molecule has 0 spiro atoms. The molecule has 122 valence electrons. The molecular formula is C17H18F2N2O2. The number of carbonyl (C=O) groups is 1. The number of rotatable bonds is 6. The molecule has 0 aliphatic carbocycles. The van der Waals surface area contributed by atoms with Gasteiger partial charge in [-0.3, -0.25) is 9.78 Å². The summed E-state index contributed by atoms with van der Waals surface area (Å²) in [6, 6.07) is 6.00. The Bertz CT molecular complexity index is 645. The van der Waals surface area contributed by atoms with Crippen LogP contribution < -0.4 is 5.32 Å². The number of amides is 1. The first-order chi connectivity index (χ1) is 11.0. The van der Waals surface area contributed by atoms with E-state index in [0.717, 1.165) is 17.7 Å². The molecule has 0 radical (unpaired) electrons. The second-order valence-electron chi connectivity index (χ2n) is 5.19. The monoisotopic (exact) mass is 320 g/mol. The molecule has 2 N–H and O–H groups in total. The minimum atomic E-state index is -1.46. The number of aliphatic hydroxyl groups excluding tert-OH is 1. The standard InChI is InChI=1S/C17H18F2N2O2/c1-2-14(17(23)16-12(18)4-3-5-13(16)19)21-15(22)10-11-6-8-20-9-7-11/h3-9,14,17,23H,2,10H2,1H3,(H,21,22)/t14-,17+/m1/s1. The van der Waals surface area contributed by atoms with Crippen molar-refractivity contribution in [1.29, 1.82) is 0 Å². The van der Waals surface area contributed by atoms with Gasteiger partial charge in [-0.2, -0.15) is 0 Å². The molecule has 2 aromatic rings. The quantitative estimate of drug-likeness (QED) is 0.860. The van der Waals surface area contributed by atoms with Gasteiger partial charge >= 0.3 is 0 Å². The molecule has 0 aliphatic heterocycles. The van der Waals surface area contributed by atoms with Crippen LogP contribution in [0.5, 0.6) is 0 Å². The molecule has 0 fully saturated rings. The zero-order valence-electron chi connectivity index (χ0n) is 12.7. The first kappa shape index (κ1) is 17.0. The van der Waals surface area contributed by atoms with Gasteiger partial charge in [0.25, 0.3) is 0 Å². The number of hydrogen-bond donors (Lipinski definition) is 2. The minimum absolute atomic E-state index is 0.103. The van der Waals surface area contributed by atoms with E-state index in [9.17, 15) is 18.7 Å². The molecule has 1 aromatic heterocycles. The number of aromatic nitrogens is 1. The summed E-state index contributed by atoms with van der Waals surface area (Å²) in [5.74, 6) is -2.00. The lowest BCUT2D eigenvalue weighted by atomic mass is 9.98. The average molecular weight is 320 g/mol. The second kappa shape index (κ2) is 7.78. The Kier molecular flexibility index (Phi) is 5.76. The molecule has 1 heterocycles. The summed E-state index contributed by atoms with van der Waals surface area (Å²) < 4.78 is 27.5. The molecule has 1 amide bonds. The van der Waals surface area contributed by atoms with Crippen molar-refractivity contribution in [3.63, 3.8) is 0 Å². The summed E-state index contributed by atoms with van der Waals surface area (Å²) in [6.07, 6.45) is 2.12. The van der Waals surface area contributed by atoms with Crippen LogP contribution in [0.15, 0.2) is 42.7 Å². The Morgan fingerprint density at radius 3 is 2.39 bits per heavy atom. The smallest absolute Gasteiger partial charge is 0.224 e. The number of nitrogens with zero attached hydrogens (tertiary/aromatic N) is 1. The van der Waals surface area contributed by atoms with Crippen molar-refractivity contribution in [2.75, 3.05) is 0 Å². The molecule has 6 heteroatoms. The van der Waals surface area contributed by atoms with Crippen molar-refractivity contribution in [2.45, 2.75) is 31.9 Å². The summed E-state index contributed by atoms with van der Waals surface area (Å²) in [5.41, 5.74) is 0.336. The third-order valence-electron chi connectivity index (χ3n) is 3.58. The number of nitrogens with one attached hydrogen (secondary N) is 1. The van der Waals surface area contributed by atoms with Crippen LogP contribution in [-0.4, -0.2) is 22.0 Å². The third kappa shape index (κ3) is 4.32.